The van der Waals surface area contributed by atoms with Crippen LogP contribution in [-0.4, -0.2) is 19.1 Å². The van der Waals surface area contributed by atoms with Gasteiger partial charge < -0.3 is 4.74 Å². The van der Waals surface area contributed by atoms with Crippen molar-refractivity contribution in [1.82, 2.24) is 5.48 Å². The third-order valence-electron chi connectivity index (χ3n) is 2.26. The summed E-state index contributed by atoms with van der Waals surface area (Å²) in [4.78, 5) is 16.4. The normalized spacial score (nSPS) is 13.1. The number of benzene rings is 1. The Kier molecular flexibility index (Phi) is 2.87. The smallest absolute Gasteiger partial charge is 0.274 e. The predicted octanol–water partition coefficient (Wildman–Crippen LogP) is 1.30. The molecule has 4 nitrogen and oxygen atoms in total. The Bertz CT molecular complexity index is 376. The number of carbonyl (C=O) groups is 1. The Balaban J connectivity index is 2.12. The average molecular weight is 207 g/mol. The average Bonchev–Trinajstić information content (AvgIpc) is 2.72. The van der Waals surface area contributed by atoms with Gasteiger partial charge in [-0.2, -0.15) is 0 Å². The third-order valence-corrected chi connectivity index (χ3v) is 2.26. The minimum atomic E-state index is -0.216. The molecule has 1 aromatic rings. The zero-order chi connectivity index (χ0) is 10.7. The molecule has 0 unspecified atom stereocenters. The van der Waals surface area contributed by atoms with Gasteiger partial charge in [-0.25, -0.2) is 5.48 Å². The van der Waals surface area contributed by atoms with Crippen LogP contribution in [0.3, 0.4) is 0 Å². The molecule has 1 aliphatic heterocycles. The molecule has 1 aliphatic rings. The van der Waals surface area contributed by atoms with Crippen molar-refractivity contribution in [3.8, 4) is 5.75 Å². The van der Waals surface area contributed by atoms with E-state index in [1.807, 2.05) is 19.1 Å². The molecule has 1 N–H and O–H groups in total. The van der Waals surface area contributed by atoms with E-state index in [9.17, 15) is 4.79 Å². The highest BCUT2D eigenvalue weighted by Crippen LogP contribution is 2.25. The lowest BCUT2D eigenvalue weighted by Crippen LogP contribution is -2.23. The van der Waals surface area contributed by atoms with Crippen LogP contribution in [0.4, 0.5) is 0 Å². The number of hydrogen-bond acceptors (Lipinski definition) is 3. The van der Waals surface area contributed by atoms with Crippen LogP contribution < -0.4 is 10.2 Å². The molecular formula is C11H13NO3. The number of fused-ring (bicyclic) bond motifs is 1. The van der Waals surface area contributed by atoms with Crippen molar-refractivity contribution in [2.45, 2.75) is 13.3 Å². The Morgan fingerprint density at radius 1 is 1.60 bits per heavy atom. The highest BCUT2D eigenvalue weighted by atomic mass is 16.6. The Hall–Kier alpha value is -1.55. The zero-order valence-corrected chi connectivity index (χ0v) is 8.58. The maximum Gasteiger partial charge on any atom is 0.274 e. The maximum atomic E-state index is 11.5. The van der Waals surface area contributed by atoms with Crippen LogP contribution in [0.2, 0.25) is 0 Å². The minimum absolute atomic E-state index is 0.216. The molecule has 0 spiro atoms. The van der Waals surface area contributed by atoms with Gasteiger partial charge in [0.15, 0.2) is 0 Å². The molecule has 15 heavy (non-hydrogen) atoms. The second-order valence-corrected chi connectivity index (χ2v) is 3.29. The predicted molar refractivity (Wildman–Crippen MR) is 54.7 cm³/mol. The molecule has 2 rings (SSSR count). The molecular weight excluding hydrogens is 194 g/mol. The van der Waals surface area contributed by atoms with E-state index in [2.05, 4.69) is 5.48 Å². The van der Waals surface area contributed by atoms with E-state index in [1.165, 1.54) is 0 Å². The maximum absolute atomic E-state index is 11.5. The van der Waals surface area contributed by atoms with Crippen molar-refractivity contribution < 1.29 is 14.4 Å². The standard InChI is InChI=1S/C11H13NO3/c1-2-15-12-11(13)9-3-4-10-8(7-9)5-6-14-10/h3-4,7H,2,5-6H2,1H3,(H,12,13). The van der Waals surface area contributed by atoms with Crippen molar-refractivity contribution in [2.24, 2.45) is 0 Å². The zero-order valence-electron chi connectivity index (χ0n) is 8.58. The third kappa shape index (κ3) is 2.10. The van der Waals surface area contributed by atoms with Crippen molar-refractivity contribution in [3.63, 3.8) is 0 Å². The van der Waals surface area contributed by atoms with Gasteiger partial charge in [0.25, 0.3) is 5.91 Å². The van der Waals surface area contributed by atoms with Gasteiger partial charge in [-0.15, -0.1) is 0 Å². The van der Waals surface area contributed by atoms with Crippen molar-refractivity contribution >= 4 is 5.91 Å². The summed E-state index contributed by atoms with van der Waals surface area (Å²) in [5.41, 5.74) is 4.05. The first-order valence-corrected chi connectivity index (χ1v) is 4.99. The molecule has 1 heterocycles. The fourth-order valence-corrected chi connectivity index (χ4v) is 1.52. The van der Waals surface area contributed by atoms with E-state index in [0.29, 0.717) is 18.8 Å². The molecule has 0 atom stereocenters. The van der Waals surface area contributed by atoms with Crippen LogP contribution >= 0.6 is 0 Å². The molecule has 4 heteroatoms. The van der Waals surface area contributed by atoms with Gasteiger partial charge in [0.1, 0.15) is 5.75 Å². The first kappa shape index (κ1) is 9.98. The van der Waals surface area contributed by atoms with Crippen LogP contribution in [0.25, 0.3) is 0 Å². The first-order chi connectivity index (χ1) is 7.31. The van der Waals surface area contributed by atoms with Crippen LogP contribution in [-0.2, 0) is 11.3 Å². The first-order valence-electron chi connectivity index (χ1n) is 4.99. The number of amides is 1. The Labute approximate surface area is 88.1 Å². The van der Waals surface area contributed by atoms with Crippen molar-refractivity contribution in [2.75, 3.05) is 13.2 Å². The van der Waals surface area contributed by atoms with Crippen molar-refractivity contribution in [3.05, 3.63) is 29.3 Å². The lowest BCUT2D eigenvalue weighted by atomic mass is 10.1. The number of carbonyl (C=O) groups excluding carboxylic acids is 1. The summed E-state index contributed by atoms with van der Waals surface area (Å²) >= 11 is 0. The highest BCUT2D eigenvalue weighted by molar-refractivity contribution is 5.93. The molecule has 1 amide bonds. The molecule has 0 aromatic heterocycles. The molecule has 0 saturated heterocycles. The number of ether oxygens (including phenoxy) is 1. The van der Waals surface area contributed by atoms with Gasteiger partial charge >= 0.3 is 0 Å². The molecule has 0 fully saturated rings. The number of hydrogen-bond donors (Lipinski definition) is 1. The Morgan fingerprint density at radius 2 is 2.47 bits per heavy atom. The lowest BCUT2D eigenvalue weighted by molar-refractivity contribution is 0.0364. The summed E-state index contributed by atoms with van der Waals surface area (Å²) in [6.07, 6.45) is 0.866. The van der Waals surface area contributed by atoms with E-state index in [-0.39, 0.29) is 5.91 Å². The molecule has 0 radical (unpaired) electrons. The SMILES string of the molecule is CCONC(=O)c1ccc2c(c1)CCO2. The largest absolute Gasteiger partial charge is 0.493 e. The quantitative estimate of drug-likeness (QED) is 0.760. The monoisotopic (exact) mass is 207 g/mol. The topological polar surface area (TPSA) is 47.6 Å². The summed E-state index contributed by atoms with van der Waals surface area (Å²) in [7, 11) is 0. The lowest BCUT2D eigenvalue weighted by Gasteiger charge is -2.05. The van der Waals surface area contributed by atoms with E-state index in [1.54, 1.807) is 6.07 Å². The van der Waals surface area contributed by atoms with E-state index in [4.69, 9.17) is 9.57 Å². The van der Waals surface area contributed by atoms with Crippen molar-refractivity contribution in [1.29, 1.82) is 0 Å². The van der Waals surface area contributed by atoms with Crippen LogP contribution in [0.15, 0.2) is 18.2 Å². The van der Waals surface area contributed by atoms with Crippen LogP contribution in [0.1, 0.15) is 22.8 Å². The van der Waals surface area contributed by atoms with Gasteiger partial charge in [-0.05, 0) is 30.7 Å². The fraction of sp³-hybridized carbons (Fsp3) is 0.364. The summed E-state index contributed by atoms with van der Waals surface area (Å²) in [6.45, 7) is 2.97. The number of rotatable bonds is 3. The van der Waals surface area contributed by atoms with Gasteiger partial charge in [-0.1, -0.05) is 0 Å². The van der Waals surface area contributed by atoms with Gasteiger partial charge in [0.05, 0.1) is 13.2 Å². The van der Waals surface area contributed by atoms with Gasteiger partial charge in [-0.3, -0.25) is 9.63 Å². The second-order valence-electron chi connectivity index (χ2n) is 3.29. The van der Waals surface area contributed by atoms with Gasteiger partial charge in [0.2, 0.25) is 0 Å². The summed E-state index contributed by atoms with van der Waals surface area (Å²) < 4.78 is 5.35. The van der Waals surface area contributed by atoms with E-state index in [0.717, 1.165) is 17.7 Å². The van der Waals surface area contributed by atoms with Crippen LogP contribution in [0, 0.1) is 0 Å². The van der Waals surface area contributed by atoms with E-state index < -0.39 is 0 Å². The molecule has 1 aromatic carbocycles. The molecule has 0 saturated carbocycles. The summed E-state index contributed by atoms with van der Waals surface area (Å²) in [5, 5.41) is 0. The molecule has 0 aliphatic carbocycles. The fourth-order valence-electron chi connectivity index (χ4n) is 1.52. The van der Waals surface area contributed by atoms with E-state index >= 15 is 0 Å². The Morgan fingerprint density at radius 3 is 3.27 bits per heavy atom. The second kappa shape index (κ2) is 4.31. The number of hydroxylamine groups is 1. The summed E-state index contributed by atoms with van der Waals surface area (Å²) in [5.74, 6) is 0.662. The molecule has 0 bridgehead atoms. The van der Waals surface area contributed by atoms with Gasteiger partial charge in [0, 0.05) is 12.0 Å². The minimum Gasteiger partial charge on any atom is -0.493 e. The summed E-state index contributed by atoms with van der Waals surface area (Å²) in [6, 6.07) is 5.40. The highest BCUT2D eigenvalue weighted by Gasteiger charge is 2.14. The van der Waals surface area contributed by atoms with Crippen LogP contribution in [0.5, 0.6) is 5.75 Å². The number of nitrogens with one attached hydrogen (secondary N) is 1. The molecule has 80 valence electrons.